The van der Waals surface area contributed by atoms with Crippen LogP contribution in [0.4, 0.5) is 0 Å². The molecule has 0 N–H and O–H groups in total. The van der Waals surface area contributed by atoms with Gasteiger partial charge in [-0.1, -0.05) is 13.0 Å². The highest BCUT2D eigenvalue weighted by Gasteiger charge is 2.37. The largest absolute Gasteiger partial charge is 0.463 e. The van der Waals surface area contributed by atoms with Crippen LogP contribution in [0.25, 0.3) is 0 Å². The molecule has 1 unspecified atom stereocenters. The Kier molecular flexibility index (Phi) is 6.02. The normalized spacial score (nSPS) is 30.5. The second-order valence-electron chi connectivity index (χ2n) is 4.87. The Labute approximate surface area is 113 Å². The Morgan fingerprint density at radius 1 is 1.37 bits per heavy atom. The third-order valence-corrected chi connectivity index (χ3v) is 3.22. The molecule has 0 aromatic carbocycles. The molecule has 0 saturated carbocycles. The van der Waals surface area contributed by atoms with Gasteiger partial charge in [0.1, 0.15) is 12.7 Å². The Hall–Kier alpha value is -1.36. The maximum atomic E-state index is 11.1. The summed E-state index contributed by atoms with van der Waals surface area (Å²) in [6.45, 7) is 8.63. The number of esters is 2. The van der Waals surface area contributed by atoms with Crippen LogP contribution in [0, 0.1) is 5.92 Å². The van der Waals surface area contributed by atoms with Gasteiger partial charge in [-0.2, -0.15) is 0 Å². The van der Waals surface area contributed by atoms with Crippen molar-refractivity contribution in [3.8, 4) is 0 Å². The minimum absolute atomic E-state index is 0.0730. The molecule has 4 atom stereocenters. The van der Waals surface area contributed by atoms with E-state index < -0.39 is 0 Å². The lowest BCUT2D eigenvalue weighted by Gasteiger charge is -2.39. The maximum absolute atomic E-state index is 11.1. The van der Waals surface area contributed by atoms with E-state index in [2.05, 4.69) is 6.58 Å². The molecule has 0 radical (unpaired) electrons. The summed E-state index contributed by atoms with van der Waals surface area (Å²) in [5.41, 5.74) is 0. The van der Waals surface area contributed by atoms with E-state index >= 15 is 0 Å². The molecule has 1 aliphatic rings. The van der Waals surface area contributed by atoms with Gasteiger partial charge in [0, 0.05) is 26.2 Å². The van der Waals surface area contributed by atoms with E-state index in [9.17, 15) is 9.59 Å². The summed E-state index contributed by atoms with van der Waals surface area (Å²) in [5, 5.41) is 0. The summed E-state index contributed by atoms with van der Waals surface area (Å²) < 4.78 is 16.2. The molecule has 5 heteroatoms. The lowest BCUT2D eigenvalue weighted by atomic mass is 9.88. The number of carbonyl (C=O) groups is 2. The van der Waals surface area contributed by atoms with E-state index in [1.165, 1.54) is 13.8 Å². The van der Waals surface area contributed by atoms with Gasteiger partial charge in [0.05, 0.1) is 12.2 Å². The van der Waals surface area contributed by atoms with E-state index in [4.69, 9.17) is 14.2 Å². The van der Waals surface area contributed by atoms with Gasteiger partial charge in [-0.15, -0.1) is 6.58 Å². The first-order valence-electron chi connectivity index (χ1n) is 6.51. The predicted octanol–water partition coefficient (Wildman–Crippen LogP) is 1.85. The van der Waals surface area contributed by atoms with Crippen LogP contribution in [-0.4, -0.2) is 36.9 Å². The van der Waals surface area contributed by atoms with Crippen LogP contribution in [0.15, 0.2) is 12.7 Å². The summed E-state index contributed by atoms with van der Waals surface area (Å²) >= 11 is 0. The monoisotopic (exact) mass is 270 g/mol. The summed E-state index contributed by atoms with van der Waals surface area (Å²) in [4.78, 5) is 22.0. The highest BCUT2D eigenvalue weighted by molar-refractivity contribution is 5.66. The molecule has 0 spiro atoms. The second kappa shape index (κ2) is 7.28. The van der Waals surface area contributed by atoms with Gasteiger partial charge in [0.15, 0.2) is 0 Å². The minimum Gasteiger partial charge on any atom is -0.463 e. The van der Waals surface area contributed by atoms with Crippen molar-refractivity contribution in [2.45, 2.75) is 51.9 Å². The fourth-order valence-electron chi connectivity index (χ4n) is 2.26. The molecule has 1 aliphatic heterocycles. The molecule has 0 bridgehead atoms. The zero-order valence-electron chi connectivity index (χ0n) is 11.8. The molecule has 1 fully saturated rings. The van der Waals surface area contributed by atoms with Crippen LogP contribution in [-0.2, 0) is 23.8 Å². The van der Waals surface area contributed by atoms with Crippen molar-refractivity contribution in [3.05, 3.63) is 12.7 Å². The number of hydrogen-bond acceptors (Lipinski definition) is 5. The molecule has 0 amide bonds. The van der Waals surface area contributed by atoms with Gasteiger partial charge in [0.25, 0.3) is 0 Å². The topological polar surface area (TPSA) is 61.8 Å². The molecule has 1 saturated heterocycles. The molecular weight excluding hydrogens is 248 g/mol. The van der Waals surface area contributed by atoms with Gasteiger partial charge in [-0.25, -0.2) is 0 Å². The number of rotatable bonds is 5. The van der Waals surface area contributed by atoms with Gasteiger partial charge < -0.3 is 14.2 Å². The van der Waals surface area contributed by atoms with E-state index in [1.54, 1.807) is 6.08 Å². The quantitative estimate of drug-likeness (QED) is 0.563. The van der Waals surface area contributed by atoms with Crippen LogP contribution in [0.3, 0.4) is 0 Å². The summed E-state index contributed by atoms with van der Waals surface area (Å²) in [6, 6.07) is 0. The van der Waals surface area contributed by atoms with E-state index in [-0.39, 0.29) is 42.8 Å². The number of hydrogen-bond donors (Lipinski definition) is 0. The smallest absolute Gasteiger partial charge is 0.302 e. The van der Waals surface area contributed by atoms with E-state index in [1.807, 2.05) is 6.92 Å². The van der Waals surface area contributed by atoms with Gasteiger partial charge in [-0.3, -0.25) is 9.59 Å². The van der Waals surface area contributed by atoms with Crippen molar-refractivity contribution < 1.29 is 23.8 Å². The van der Waals surface area contributed by atoms with Crippen molar-refractivity contribution in [2.75, 3.05) is 6.61 Å². The molecule has 0 aliphatic carbocycles. The fraction of sp³-hybridized carbons (Fsp3) is 0.714. The van der Waals surface area contributed by atoms with Crippen molar-refractivity contribution >= 4 is 11.9 Å². The summed E-state index contributed by atoms with van der Waals surface area (Å²) in [7, 11) is 0. The average molecular weight is 270 g/mol. The van der Waals surface area contributed by atoms with Crippen LogP contribution < -0.4 is 0 Å². The summed E-state index contributed by atoms with van der Waals surface area (Å²) in [5.74, 6) is -0.552. The molecule has 5 nitrogen and oxygen atoms in total. The van der Waals surface area contributed by atoms with Gasteiger partial charge in [0.2, 0.25) is 0 Å². The first-order valence-corrected chi connectivity index (χ1v) is 6.51. The van der Waals surface area contributed by atoms with E-state index in [0.29, 0.717) is 12.8 Å². The average Bonchev–Trinajstić information content (AvgIpc) is 2.31. The first kappa shape index (κ1) is 15.7. The second-order valence-corrected chi connectivity index (χ2v) is 4.87. The lowest BCUT2D eigenvalue weighted by molar-refractivity contribution is -0.181. The fourth-order valence-corrected chi connectivity index (χ4v) is 2.26. The summed E-state index contributed by atoms with van der Waals surface area (Å²) in [6.07, 6.45) is 2.47. The SMILES string of the molecule is C=CC[C@H]1O[C@H](COC(C)=O)C[C@H](OC(C)=O)C1C. The zero-order chi connectivity index (χ0) is 14.4. The zero-order valence-corrected chi connectivity index (χ0v) is 11.8. The highest BCUT2D eigenvalue weighted by Crippen LogP contribution is 2.30. The molecular formula is C14H22O5. The van der Waals surface area contributed by atoms with Crippen LogP contribution in [0.1, 0.15) is 33.6 Å². The van der Waals surface area contributed by atoms with E-state index in [0.717, 1.165) is 0 Å². The Morgan fingerprint density at radius 2 is 2.05 bits per heavy atom. The van der Waals surface area contributed by atoms with Gasteiger partial charge in [-0.05, 0) is 6.42 Å². The van der Waals surface area contributed by atoms with Crippen molar-refractivity contribution in [2.24, 2.45) is 5.92 Å². The molecule has 108 valence electrons. The third kappa shape index (κ3) is 5.03. The molecule has 0 aromatic rings. The first-order chi connectivity index (χ1) is 8.93. The van der Waals surface area contributed by atoms with Crippen molar-refractivity contribution in [1.82, 2.24) is 0 Å². The minimum atomic E-state index is -0.341. The van der Waals surface area contributed by atoms with Crippen LogP contribution in [0.5, 0.6) is 0 Å². The van der Waals surface area contributed by atoms with Crippen LogP contribution >= 0.6 is 0 Å². The number of ether oxygens (including phenoxy) is 3. The van der Waals surface area contributed by atoms with Crippen LogP contribution in [0.2, 0.25) is 0 Å². The Morgan fingerprint density at radius 3 is 2.58 bits per heavy atom. The molecule has 0 aromatic heterocycles. The highest BCUT2D eigenvalue weighted by atomic mass is 16.6. The third-order valence-electron chi connectivity index (χ3n) is 3.22. The van der Waals surface area contributed by atoms with Crippen molar-refractivity contribution in [1.29, 1.82) is 0 Å². The number of carbonyl (C=O) groups excluding carboxylic acids is 2. The molecule has 19 heavy (non-hydrogen) atoms. The maximum Gasteiger partial charge on any atom is 0.302 e. The molecule has 1 heterocycles. The predicted molar refractivity (Wildman–Crippen MR) is 69.4 cm³/mol. The van der Waals surface area contributed by atoms with Crippen molar-refractivity contribution in [3.63, 3.8) is 0 Å². The Balaban J connectivity index is 2.66. The Bertz CT molecular complexity index is 339. The van der Waals surface area contributed by atoms with Gasteiger partial charge >= 0.3 is 11.9 Å². The standard InChI is InChI=1S/C14H22O5/c1-5-6-13-9(2)14(18-11(4)16)7-12(19-13)8-17-10(3)15/h5,9,12-14H,1,6-8H2,2-4H3/t9?,12-,13+,14-/m0/s1. The molecule has 1 rings (SSSR count). The lowest BCUT2D eigenvalue weighted by Crippen LogP contribution is -2.46.